The Kier molecular flexibility index (Phi) is 4.46. The van der Waals surface area contributed by atoms with E-state index >= 15 is 0 Å². The van der Waals surface area contributed by atoms with Gasteiger partial charge in [-0.2, -0.15) is 0 Å². The Morgan fingerprint density at radius 1 is 0.543 bits per heavy atom. The minimum Gasteiger partial charge on any atom is -0.345 e. The molecule has 11 atom stereocenters. The maximum absolute atomic E-state index is 5.55. The highest BCUT2D eigenvalue weighted by Gasteiger charge is 2.67. The maximum atomic E-state index is 5.55. The van der Waals surface area contributed by atoms with Crippen LogP contribution in [0.25, 0.3) is 0 Å². The average molecular weight is 471 g/mol. The van der Waals surface area contributed by atoms with Crippen molar-refractivity contribution in [2.75, 3.05) is 0 Å². The number of amidine groups is 1. The first kappa shape index (κ1) is 20.6. The van der Waals surface area contributed by atoms with Crippen molar-refractivity contribution in [2.45, 2.75) is 138 Å². The number of rotatable bonds is 1. The van der Waals surface area contributed by atoms with E-state index in [9.17, 15) is 0 Å². The first-order chi connectivity index (χ1) is 17.4. The van der Waals surface area contributed by atoms with Crippen molar-refractivity contribution >= 4 is 5.84 Å². The van der Waals surface area contributed by atoms with Crippen LogP contribution in [0.4, 0.5) is 0 Å². The normalized spacial score (nSPS) is 50.1. The molecule has 186 valence electrons. The van der Waals surface area contributed by atoms with Crippen molar-refractivity contribution in [2.24, 2.45) is 16.8 Å². The van der Waals surface area contributed by atoms with Crippen LogP contribution in [-0.4, -0.2) is 74.9 Å². The molecular formula is C31H42N4. The lowest BCUT2D eigenvalue weighted by molar-refractivity contribution is -0.175. The van der Waals surface area contributed by atoms with Crippen LogP contribution in [0.5, 0.6) is 0 Å². The van der Waals surface area contributed by atoms with Crippen molar-refractivity contribution in [3.05, 3.63) is 35.9 Å². The van der Waals surface area contributed by atoms with E-state index in [1.807, 2.05) is 0 Å². The summed E-state index contributed by atoms with van der Waals surface area (Å²) in [6, 6.07) is 17.9. The van der Waals surface area contributed by atoms with E-state index in [2.05, 4.69) is 45.0 Å². The topological polar surface area (TPSA) is 22.1 Å². The average Bonchev–Trinajstić information content (AvgIpc) is 3.47. The Labute approximate surface area is 211 Å². The molecule has 0 radical (unpaired) electrons. The smallest absolute Gasteiger partial charge is 0.131 e. The first-order valence-corrected chi connectivity index (χ1v) is 15.4. The predicted molar refractivity (Wildman–Crippen MR) is 140 cm³/mol. The molecule has 3 saturated heterocycles. The van der Waals surface area contributed by atoms with Gasteiger partial charge in [0, 0.05) is 47.9 Å². The molecule has 11 unspecified atom stereocenters. The van der Waals surface area contributed by atoms with Crippen molar-refractivity contribution in [1.82, 2.24) is 14.7 Å². The number of aliphatic imine (C=N–C) groups is 1. The van der Waals surface area contributed by atoms with Gasteiger partial charge in [-0.05, 0) is 76.0 Å². The summed E-state index contributed by atoms with van der Waals surface area (Å²) < 4.78 is 0. The molecule has 4 nitrogen and oxygen atoms in total. The zero-order chi connectivity index (χ0) is 22.7. The van der Waals surface area contributed by atoms with Crippen molar-refractivity contribution in [3.8, 4) is 0 Å². The highest BCUT2D eigenvalue weighted by Crippen LogP contribution is 2.58. The molecule has 35 heavy (non-hydrogen) atoms. The van der Waals surface area contributed by atoms with Crippen LogP contribution in [0, 0.1) is 11.8 Å². The fraction of sp³-hybridized carbons (Fsp3) is 0.774. The van der Waals surface area contributed by atoms with E-state index in [1.54, 1.807) is 0 Å². The number of benzene rings is 1. The molecule has 1 aromatic rings. The quantitative estimate of drug-likeness (QED) is 0.572. The van der Waals surface area contributed by atoms with Crippen LogP contribution in [0.15, 0.2) is 35.3 Å². The van der Waals surface area contributed by atoms with Crippen LogP contribution in [0.2, 0.25) is 0 Å². The maximum Gasteiger partial charge on any atom is 0.131 e. The molecule has 0 aromatic heterocycles. The van der Waals surface area contributed by atoms with Gasteiger partial charge < -0.3 is 4.90 Å². The monoisotopic (exact) mass is 470 g/mol. The van der Waals surface area contributed by atoms with E-state index in [0.717, 1.165) is 48.1 Å². The number of fused-ring (bicyclic) bond motifs is 7. The van der Waals surface area contributed by atoms with Crippen LogP contribution in [0.3, 0.4) is 0 Å². The second-order valence-corrected chi connectivity index (χ2v) is 13.4. The molecule has 4 aliphatic heterocycles. The molecule has 1 aromatic carbocycles. The van der Waals surface area contributed by atoms with Gasteiger partial charge in [0.15, 0.2) is 0 Å². The summed E-state index contributed by atoms with van der Waals surface area (Å²) in [7, 11) is 0. The lowest BCUT2D eigenvalue weighted by Gasteiger charge is -2.68. The van der Waals surface area contributed by atoms with Crippen LogP contribution < -0.4 is 0 Å². The summed E-state index contributed by atoms with van der Waals surface area (Å²) in [6.45, 7) is 0. The summed E-state index contributed by atoms with van der Waals surface area (Å²) in [5.41, 5.74) is 1.37. The van der Waals surface area contributed by atoms with Crippen molar-refractivity contribution in [1.29, 1.82) is 0 Å². The summed E-state index contributed by atoms with van der Waals surface area (Å²) in [5.74, 6) is 3.37. The SMILES string of the molecule is c1ccc(C2=NC3CCCC4C3N2C2CCCC3C2N4C2CCCC4C5CCCCC5N3C42)cc1. The van der Waals surface area contributed by atoms with E-state index in [1.165, 1.54) is 94.9 Å². The number of nitrogens with zero attached hydrogens (tertiary/aromatic N) is 4. The summed E-state index contributed by atoms with van der Waals surface area (Å²) in [6.07, 6.45) is 18.8. The third-order valence-electron chi connectivity index (χ3n) is 12.2. The van der Waals surface area contributed by atoms with E-state index in [0.29, 0.717) is 18.1 Å². The zero-order valence-electron chi connectivity index (χ0n) is 21.2. The Morgan fingerprint density at radius 2 is 1.17 bits per heavy atom. The molecule has 4 heteroatoms. The molecule has 8 aliphatic rings. The minimum atomic E-state index is 0.522. The Balaban J connectivity index is 1.19. The fourth-order valence-electron chi connectivity index (χ4n) is 11.5. The zero-order valence-corrected chi connectivity index (χ0v) is 21.2. The van der Waals surface area contributed by atoms with Gasteiger partial charge in [0.1, 0.15) is 5.84 Å². The Morgan fingerprint density at radius 3 is 2.06 bits per heavy atom. The van der Waals surface area contributed by atoms with Crippen LogP contribution >= 0.6 is 0 Å². The molecule has 7 fully saturated rings. The molecule has 4 saturated carbocycles. The van der Waals surface area contributed by atoms with Gasteiger partial charge >= 0.3 is 0 Å². The largest absolute Gasteiger partial charge is 0.345 e. The summed E-state index contributed by atoms with van der Waals surface area (Å²) in [5, 5.41) is 0. The van der Waals surface area contributed by atoms with Gasteiger partial charge in [-0.15, -0.1) is 0 Å². The van der Waals surface area contributed by atoms with Crippen molar-refractivity contribution in [3.63, 3.8) is 0 Å². The first-order valence-electron chi connectivity index (χ1n) is 15.4. The third-order valence-corrected chi connectivity index (χ3v) is 12.2. The lowest BCUT2D eigenvalue weighted by Crippen LogP contribution is -2.82. The number of piperazine rings is 2. The molecule has 0 spiro atoms. The van der Waals surface area contributed by atoms with E-state index in [-0.39, 0.29) is 0 Å². The van der Waals surface area contributed by atoms with E-state index in [4.69, 9.17) is 4.99 Å². The minimum absolute atomic E-state index is 0.522. The summed E-state index contributed by atoms with van der Waals surface area (Å²) >= 11 is 0. The second-order valence-electron chi connectivity index (χ2n) is 13.4. The van der Waals surface area contributed by atoms with Gasteiger partial charge in [0.05, 0.1) is 12.1 Å². The Hall–Kier alpha value is -1.39. The lowest BCUT2D eigenvalue weighted by atomic mass is 9.67. The molecule has 0 N–H and O–H groups in total. The fourth-order valence-corrected chi connectivity index (χ4v) is 11.5. The highest BCUT2D eigenvalue weighted by atomic mass is 15.5. The van der Waals surface area contributed by atoms with Gasteiger partial charge in [0.2, 0.25) is 0 Å². The van der Waals surface area contributed by atoms with Gasteiger partial charge in [-0.3, -0.25) is 14.8 Å². The summed E-state index contributed by atoms with van der Waals surface area (Å²) in [4.78, 5) is 15.0. The standard InChI is InChI=1S/C31H42N4/c1-2-9-19(10-3-1)31-32-22-13-7-16-25-29(22)35(31)27-18-8-17-26-30(27)34(25)24-15-6-12-21-20-11-4-5-14-23(20)33(26)28(21)24/h1-3,9-10,20-30H,4-8,11-18H2. The Bertz CT molecular complexity index is 1020. The molecule has 4 heterocycles. The van der Waals surface area contributed by atoms with Gasteiger partial charge in [-0.1, -0.05) is 49.6 Å². The predicted octanol–water partition coefficient (Wildman–Crippen LogP) is 5.07. The molecule has 4 aliphatic carbocycles. The highest BCUT2D eigenvalue weighted by molar-refractivity contribution is 6.00. The number of hydrogen-bond donors (Lipinski definition) is 0. The second kappa shape index (κ2) is 7.57. The van der Waals surface area contributed by atoms with Gasteiger partial charge in [-0.25, -0.2) is 0 Å². The molecule has 0 bridgehead atoms. The number of hydrogen-bond acceptors (Lipinski definition) is 4. The molecule has 9 rings (SSSR count). The molecule has 0 amide bonds. The van der Waals surface area contributed by atoms with E-state index < -0.39 is 0 Å². The van der Waals surface area contributed by atoms with Gasteiger partial charge in [0.25, 0.3) is 0 Å². The molecular weight excluding hydrogens is 428 g/mol. The third kappa shape index (κ3) is 2.64. The van der Waals surface area contributed by atoms with Crippen LogP contribution in [-0.2, 0) is 0 Å². The van der Waals surface area contributed by atoms with Crippen molar-refractivity contribution < 1.29 is 0 Å². The van der Waals surface area contributed by atoms with Crippen LogP contribution in [0.1, 0.15) is 89.0 Å².